The summed E-state index contributed by atoms with van der Waals surface area (Å²) in [6.45, 7) is 14.2. The minimum absolute atomic E-state index is 0.175. The van der Waals surface area contributed by atoms with E-state index in [9.17, 15) is 4.79 Å². The van der Waals surface area contributed by atoms with Crippen LogP contribution in [0.5, 0.6) is 0 Å². The number of ether oxygens (including phenoxy) is 1. The van der Waals surface area contributed by atoms with Gasteiger partial charge in [-0.15, -0.1) is 0 Å². The molecule has 2 heterocycles. The molecule has 150 valence electrons. The van der Waals surface area contributed by atoms with Gasteiger partial charge >= 0.3 is 6.09 Å². The molecule has 4 nitrogen and oxygen atoms in total. The van der Waals surface area contributed by atoms with Crippen LogP contribution >= 0.6 is 0 Å². The molecule has 0 aromatic heterocycles. The summed E-state index contributed by atoms with van der Waals surface area (Å²) in [4.78, 5) is 17.1. The molecule has 0 saturated heterocycles. The molecule has 4 heteroatoms. The summed E-state index contributed by atoms with van der Waals surface area (Å²) in [5.41, 5.74) is 7.07. The van der Waals surface area contributed by atoms with Gasteiger partial charge in [-0.05, 0) is 81.5 Å². The molecule has 0 N–H and O–H groups in total. The number of fused-ring (bicyclic) bond motifs is 2. The van der Waals surface area contributed by atoms with E-state index in [1.54, 1.807) is 0 Å². The molecular formula is C23H36N2O2. The summed E-state index contributed by atoms with van der Waals surface area (Å²) in [5, 5.41) is 0. The molecule has 0 unspecified atom stereocenters. The highest BCUT2D eigenvalue weighted by Gasteiger charge is 2.28. The van der Waals surface area contributed by atoms with Gasteiger partial charge in [0.2, 0.25) is 0 Å². The van der Waals surface area contributed by atoms with Gasteiger partial charge in [-0.2, -0.15) is 0 Å². The van der Waals surface area contributed by atoms with Crippen molar-refractivity contribution >= 4 is 11.8 Å². The number of carbonyl (C=O) groups excluding carboxylic acids is 1. The highest BCUT2D eigenvalue weighted by molar-refractivity contribution is 5.69. The van der Waals surface area contributed by atoms with E-state index in [4.69, 9.17) is 4.74 Å². The standard InChI is InChI=1S/C23H36N2O2/c1-6-12-24-13-8-9-18-16-17-10-14-25(22(26)27-23(3,4)5)15-11-20(17)19(7-2)21(18)24/h16H,6-15H2,1-5H3. The average molecular weight is 373 g/mol. The quantitative estimate of drug-likeness (QED) is 0.768. The zero-order chi connectivity index (χ0) is 19.6. The summed E-state index contributed by atoms with van der Waals surface area (Å²) in [7, 11) is 0. The Labute approximate surface area is 164 Å². The SMILES string of the molecule is CCCN1CCCc2cc3c(c(CC)c21)CCN(C(=O)OC(C)(C)C)CC3. The second kappa shape index (κ2) is 8.12. The zero-order valence-electron chi connectivity index (χ0n) is 17.9. The van der Waals surface area contributed by atoms with Gasteiger partial charge in [-0.1, -0.05) is 19.9 Å². The van der Waals surface area contributed by atoms with Crippen molar-refractivity contribution < 1.29 is 9.53 Å². The van der Waals surface area contributed by atoms with Crippen LogP contribution in [0.1, 0.15) is 69.7 Å². The fourth-order valence-electron chi connectivity index (χ4n) is 4.58. The summed E-state index contributed by atoms with van der Waals surface area (Å²) >= 11 is 0. The predicted molar refractivity (Wildman–Crippen MR) is 112 cm³/mol. The molecule has 0 radical (unpaired) electrons. The van der Waals surface area contributed by atoms with Crippen molar-refractivity contribution in [3.05, 3.63) is 28.3 Å². The predicted octanol–water partition coefficient (Wildman–Crippen LogP) is 4.75. The van der Waals surface area contributed by atoms with E-state index in [0.717, 1.165) is 38.9 Å². The van der Waals surface area contributed by atoms with Crippen molar-refractivity contribution in [3.8, 4) is 0 Å². The molecule has 1 amide bonds. The number of rotatable bonds is 3. The van der Waals surface area contributed by atoms with E-state index in [-0.39, 0.29) is 6.09 Å². The van der Waals surface area contributed by atoms with E-state index in [2.05, 4.69) is 24.8 Å². The maximum Gasteiger partial charge on any atom is 0.410 e. The smallest absolute Gasteiger partial charge is 0.410 e. The summed E-state index contributed by atoms with van der Waals surface area (Å²) in [6, 6.07) is 2.45. The Kier molecular flexibility index (Phi) is 6.02. The van der Waals surface area contributed by atoms with Crippen LogP contribution in [-0.2, 0) is 30.4 Å². The molecule has 0 bridgehead atoms. The van der Waals surface area contributed by atoms with Gasteiger partial charge in [0, 0.05) is 31.9 Å². The van der Waals surface area contributed by atoms with Crippen molar-refractivity contribution in [2.45, 2.75) is 78.7 Å². The van der Waals surface area contributed by atoms with Gasteiger partial charge in [0.1, 0.15) is 5.60 Å². The fourth-order valence-corrected chi connectivity index (χ4v) is 4.58. The van der Waals surface area contributed by atoms with Crippen LogP contribution in [0.3, 0.4) is 0 Å². The lowest BCUT2D eigenvalue weighted by Gasteiger charge is -2.35. The lowest BCUT2D eigenvalue weighted by Crippen LogP contribution is -2.38. The third kappa shape index (κ3) is 4.41. The van der Waals surface area contributed by atoms with E-state index in [1.165, 1.54) is 53.7 Å². The van der Waals surface area contributed by atoms with Gasteiger partial charge in [-0.3, -0.25) is 0 Å². The topological polar surface area (TPSA) is 32.8 Å². The second-order valence-electron chi connectivity index (χ2n) is 8.91. The van der Waals surface area contributed by atoms with Gasteiger partial charge < -0.3 is 14.5 Å². The van der Waals surface area contributed by atoms with Gasteiger partial charge in [0.25, 0.3) is 0 Å². The Hall–Kier alpha value is -1.71. The third-order valence-electron chi connectivity index (χ3n) is 5.66. The second-order valence-corrected chi connectivity index (χ2v) is 8.91. The molecule has 0 atom stereocenters. The Morgan fingerprint density at radius 2 is 1.81 bits per heavy atom. The molecule has 0 spiro atoms. The first-order chi connectivity index (χ1) is 12.8. The van der Waals surface area contributed by atoms with Crippen LogP contribution in [0.15, 0.2) is 6.07 Å². The molecule has 2 aliphatic rings. The lowest BCUT2D eigenvalue weighted by atomic mass is 9.87. The maximum absolute atomic E-state index is 12.6. The molecule has 0 saturated carbocycles. The fraction of sp³-hybridized carbons (Fsp3) is 0.696. The van der Waals surface area contributed by atoms with Crippen LogP contribution in [0.4, 0.5) is 10.5 Å². The number of carbonyl (C=O) groups is 1. The summed E-state index contributed by atoms with van der Waals surface area (Å²) in [6.07, 6.45) is 6.38. The van der Waals surface area contributed by atoms with Gasteiger partial charge in [0.05, 0.1) is 0 Å². The first kappa shape index (κ1) is 20.0. The third-order valence-corrected chi connectivity index (χ3v) is 5.66. The zero-order valence-corrected chi connectivity index (χ0v) is 17.9. The minimum atomic E-state index is -0.440. The number of aryl methyl sites for hydroxylation is 1. The Bertz CT molecular complexity index is 691. The number of amides is 1. The minimum Gasteiger partial charge on any atom is -0.444 e. The highest BCUT2D eigenvalue weighted by atomic mass is 16.6. The number of benzene rings is 1. The molecule has 3 rings (SSSR count). The monoisotopic (exact) mass is 372 g/mol. The number of nitrogens with zero attached hydrogens (tertiary/aromatic N) is 2. The largest absolute Gasteiger partial charge is 0.444 e. The van der Waals surface area contributed by atoms with Crippen molar-refractivity contribution in [2.24, 2.45) is 0 Å². The molecule has 1 aromatic carbocycles. The highest BCUT2D eigenvalue weighted by Crippen LogP contribution is 2.37. The van der Waals surface area contributed by atoms with Crippen molar-refractivity contribution in [2.75, 3.05) is 31.1 Å². The molecule has 0 fully saturated rings. The van der Waals surface area contributed by atoms with E-state index in [0.29, 0.717) is 0 Å². The number of hydrogen-bond donors (Lipinski definition) is 0. The number of anilines is 1. The van der Waals surface area contributed by atoms with Crippen LogP contribution in [0.25, 0.3) is 0 Å². The van der Waals surface area contributed by atoms with Crippen molar-refractivity contribution in [3.63, 3.8) is 0 Å². The normalized spacial score (nSPS) is 17.2. The summed E-state index contributed by atoms with van der Waals surface area (Å²) < 4.78 is 5.62. The molecule has 27 heavy (non-hydrogen) atoms. The average Bonchev–Trinajstić information content (AvgIpc) is 2.81. The number of hydrogen-bond acceptors (Lipinski definition) is 3. The molecule has 1 aromatic rings. The van der Waals surface area contributed by atoms with Crippen molar-refractivity contribution in [1.29, 1.82) is 0 Å². The van der Waals surface area contributed by atoms with E-state index in [1.807, 2.05) is 25.7 Å². The Morgan fingerprint density at radius 3 is 2.48 bits per heavy atom. The van der Waals surface area contributed by atoms with E-state index >= 15 is 0 Å². The van der Waals surface area contributed by atoms with Crippen LogP contribution in [0.2, 0.25) is 0 Å². The van der Waals surface area contributed by atoms with Gasteiger partial charge in [0.15, 0.2) is 0 Å². The molecule has 2 aliphatic heterocycles. The van der Waals surface area contributed by atoms with Crippen molar-refractivity contribution in [1.82, 2.24) is 4.90 Å². The lowest BCUT2D eigenvalue weighted by molar-refractivity contribution is 0.0258. The molecule has 0 aliphatic carbocycles. The van der Waals surface area contributed by atoms with E-state index < -0.39 is 5.60 Å². The van der Waals surface area contributed by atoms with Crippen LogP contribution in [-0.4, -0.2) is 42.8 Å². The first-order valence-electron chi connectivity index (χ1n) is 10.7. The van der Waals surface area contributed by atoms with Crippen LogP contribution < -0.4 is 4.90 Å². The van der Waals surface area contributed by atoms with Crippen LogP contribution in [0, 0.1) is 0 Å². The Morgan fingerprint density at radius 1 is 1.07 bits per heavy atom. The molecular weight excluding hydrogens is 336 g/mol. The maximum atomic E-state index is 12.6. The van der Waals surface area contributed by atoms with Gasteiger partial charge in [-0.25, -0.2) is 4.79 Å². The summed E-state index contributed by atoms with van der Waals surface area (Å²) in [5.74, 6) is 0. The first-order valence-corrected chi connectivity index (χ1v) is 10.7. The Balaban J connectivity index is 1.89.